The summed E-state index contributed by atoms with van der Waals surface area (Å²) in [5.41, 5.74) is 4.91. The lowest BCUT2D eigenvalue weighted by Crippen LogP contribution is -2.18. The average molecular weight is 322 g/mol. The zero-order valence-corrected chi connectivity index (χ0v) is 14.7. The highest BCUT2D eigenvalue weighted by molar-refractivity contribution is 5.82. The van der Waals surface area contributed by atoms with Gasteiger partial charge in [-0.3, -0.25) is 0 Å². The van der Waals surface area contributed by atoms with Gasteiger partial charge in [-0.15, -0.1) is 0 Å². The van der Waals surface area contributed by atoms with E-state index in [1.807, 2.05) is 6.20 Å². The third-order valence-electron chi connectivity index (χ3n) is 3.99. The number of benzene rings is 2. The molecule has 0 fully saturated rings. The molecule has 24 heavy (non-hydrogen) atoms. The first-order chi connectivity index (χ1) is 11.5. The van der Waals surface area contributed by atoms with Gasteiger partial charge in [-0.1, -0.05) is 36.4 Å². The van der Waals surface area contributed by atoms with Gasteiger partial charge in [0.05, 0.1) is 12.2 Å². The number of hydrogen-bond donors (Lipinski definition) is 2. The molecule has 2 N–H and O–H groups in total. The van der Waals surface area contributed by atoms with Crippen molar-refractivity contribution in [3.05, 3.63) is 71.4 Å². The molecule has 0 bridgehead atoms. The largest absolute Gasteiger partial charge is 0.371 e. The van der Waals surface area contributed by atoms with Crippen LogP contribution in [0.25, 0.3) is 10.9 Å². The van der Waals surface area contributed by atoms with Crippen LogP contribution in [0, 0.1) is 0 Å². The lowest BCUT2D eigenvalue weighted by atomic mass is 10.1. The third kappa shape index (κ3) is 4.47. The molecule has 2 aromatic carbocycles. The van der Waals surface area contributed by atoms with Gasteiger partial charge in [0, 0.05) is 30.2 Å². The summed E-state index contributed by atoms with van der Waals surface area (Å²) in [6.07, 6.45) is 1.99. The van der Waals surface area contributed by atoms with Crippen molar-refractivity contribution >= 4 is 10.9 Å². The maximum Gasteiger partial charge on any atom is 0.0724 e. The molecule has 0 atom stereocenters. The summed E-state index contributed by atoms with van der Waals surface area (Å²) < 4.78 is 5.86. The molecule has 1 aromatic heterocycles. The fourth-order valence-corrected chi connectivity index (χ4v) is 2.78. The summed E-state index contributed by atoms with van der Waals surface area (Å²) >= 11 is 0. The van der Waals surface area contributed by atoms with Gasteiger partial charge in [0.1, 0.15) is 0 Å². The Morgan fingerprint density at radius 2 is 1.75 bits per heavy atom. The van der Waals surface area contributed by atoms with Crippen LogP contribution in [-0.4, -0.2) is 10.6 Å². The maximum absolute atomic E-state index is 5.86. The Bertz CT molecular complexity index is 799. The van der Waals surface area contributed by atoms with Gasteiger partial charge in [0.15, 0.2) is 0 Å². The summed E-state index contributed by atoms with van der Waals surface area (Å²) in [5, 5.41) is 4.83. The lowest BCUT2D eigenvalue weighted by Gasteiger charge is -2.19. The van der Waals surface area contributed by atoms with Crippen LogP contribution in [0.4, 0.5) is 0 Å². The third-order valence-corrected chi connectivity index (χ3v) is 3.99. The minimum Gasteiger partial charge on any atom is -0.371 e. The fraction of sp³-hybridized carbons (Fsp3) is 0.333. The van der Waals surface area contributed by atoms with Gasteiger partial charge in [-0.25, -0.2) is 0 Å². The number of aromatic nitrogens is 1. The first-order valence-electron chi connectivity index (χ1n) is 8.49. The van der Waals surface area contributed by atoms with Crippen LogP contribution in [-0.2, 0) is 24.4 Å². The van der Waals surface area contributed by atoms with Gasteiger partial charge in [0.25, 0.3) is 0 Å². The van der Waals surface area contributed by atoms with Crippen LogP contribution in [0.5, 0.6) is 0 Å². The average Bonchev–Trinajstić information content (AvgIpc) is 3.02. The number of fused-ring (bicyclic) bond motifs is 1. The molecule has 126 valence electrons. The second-order valence-electron chi connectivity index (χ2n) is 7.18. The van der Waals surface area contributed by atoms with Crippen molar-refractivity contribution in [3.8, 4) is 0 Å². The van der Waals surface area contributed by atoms with Gasteiger partial charge < -0.3 is 15.0 Å². The van der Waals surface area contributed by atoms with Crippen molar-refractivity contribution in [2.45, 2.75) is 46.1 Å². The number of rotatable bonds is 6. The Morgan fingerprint density at radius 1 is 0.958 bits per heavy atom. The van der Waals surface area contributed by atoms with E-state index in [4.69, 9.17) is 4.74 Å². The quantitative estimate of drug-likeness (QED) is 0.686. The molecule has 0 amide bonds. The standard InChI is InChI=1S/C21H26N2O/c1-21(2,3)24-15-17-7-4-6-16(12-17)13-22-14-18-8-5-9-20-19(18)10-11-23-20/h4-12,22-23H,13-15H2,1-3H3. The maximum atomic E-state index is 5.86. The molecular weight excluding hydrogens is 296 g/mol. The molecule has 0 aliphatic heterocycles. The Morgan fingerprint density at radius 3 is 2.58 bits per heavy atom. The van der Waals surface area contributed by atoms with Crippen molar-refractivity contribution in [2.75, 3.05) is 0 Å². The summed E-state index contributed by atoms with van der Waals surface area (Å²) in [4.78, 5) is 3.26. The van der Waals surface area contributed by atoms with Crippen LogP contribution >= 0.6 is 0 Å². The van der Waals surface area contributed by atoms with E-state index >= 15 is 0 Å². The summed E-state index contributed by atoms with van der Waals surface area (Å²) in [7, 11) is 0. The Labute approximate surface area is 144 Å². The van der Waals surface area contributed by atoms with E-state index in [9.17, 15) is 0 Å². The van der Waals surface area contributed by atoms with E-state index < -0.39 is 0 Å². The lowest BCUT2D eigenvalue weighted by molar-refractivity contribution is -0.0149. The number of nitrogens with one attached hydrogen (secondary N) is 2. The smallest absolute Gasteiger partial charge is 0.0724 e. The predicted molar refractivity (Wildman–Crippen MR) is 99.8 cm³/mol. The van der Waals surface area contributed by atoms with Crippen molar-refractivity contribution < 1.29 is 4.74 Å². The van der Waals surface area contributed by atoms with Crippen molar-refractivity contribution in [3.63, 3.8) is 0 Å². The molecule has 0 unspecified atom stereocenters. The second-order valence-corrected chi connectivity index (χ2v) is 7.18. The van der Waals surface area contributed by atoms with Crippen molar-refractivity contribution in [2.24, 2.45) is 0 Å². The highest BCUT2D eigenvalue weighted by Gasteiger charge is 2.10. The second kappa shape index (κ2) is 7.20. The SMILES string of the molecule is CC(C)(C)OCc1cccc(CNCc2cccc3[nH]ccc23)c1. The first kappa shape index (κ1) is 16.7. The van der Waals surface area contributed by atoms with Crippen molar-refractivity contribution in [1.82, 2.24) is 10.3 Å². The van der Waals surface area contributed by atoms with Gasteiger partial charge in [-0.2, -0.15) is 0 Å². The highest BCUT2D eigenvalue weighted by Crippen LogP contribution is 2.17. The summed E-state index contributed by atoms with van der Waals surface area (Å²) in [6.45, 7) is 8.61. The molecule has 0 radical (unpaired) electrons. The van der Waals surface area contributed by atoms with Gasteiger partial charge in [0.2, 0.25) is 0 Å². The molecule has 3 nitrogen and oxygen atoms in total. The highest BCUT2D eigenvalue weighted by atomic mass is 16.5. The number of hydrogen-bond acceptors (Lipinski definition) is 2. The minimum atomic E-state index is -0.108. The van der Waals surface area contributed by atoms with Crippen LogP contribution in [0.3, 0.4) is 0 Å². The van der Waals surface area contributed by atoms with E-state index in [1.165, 1.54) is 27.6 Å². The molecular formula is C21H26N2O. The molecule has 0 spiro atoms. The van der Waals surface area contributed by atoms with Gasteiger partial charge in [-0.05, 0) is 49.6 Å². The predicted octanol–water partition coefficient (Wildman–Crippen LogP) is 4.77. The molecule has 0 saturated carbocycles. The Hall–Kier alpha value is -2.10. The Balaban J connectivity index is 1.58. The molecule has 3 rings (SSSR count). The molecule has 0 aliphatic carbocycles. The van der Waals surface area contributed by atoms with E-state index in [0.29, 0.717) is 6.61 Å². The van der Waals surface area contributed by atoms with Crippen LogP contribution in [0.1, 0.15) is 37.5 Å². The monoisotopic (exact) mass is 322 g/mol. The molecule has 1 heterocycles. The summed E-state index contributed by atoms with van der Waals surface area (Å²) in [6, 6.07) is 17.1. The molecule has 0 saturated heterocycles. The van der Waals surface area contributed by atoms with E-state index in [1.54, 1.807) is 0 Å². The van der Waals surface area contributed by atoms with Crippen LogP contribution in [0.2, 0.25) is 0 Å². The normalized spacial score (nSPS) is 12.0. The minimum absolute atomic E-state index is 0.108. The topological polar surface area (TPSA) is 37.0 Å². The zero-order chi connectivity index (χ0) is 17.0. The number of ether oxygens (including phenoxy) is 1. The van der Waals surface area contributed by atoms with Crippen LogP contribution in [0.15, 0.2) is 54.7 Å². The fourth-order valence-electron chi connectivity index (χ4n) is 2.78. The summed E-state index contributed by atoms with van der Waals surface area (Å²) in [5.74, 6) is 0. The van der Waals surface area contributed by atoms with Gasteiger partial charge >= 0.3 is 0 Å². The molecule has 0 aliphatic rings. The van der Waals surface area contributed by atoms with Crippen molar-refractivity contribution in [1.29, 1.82) is 0 Å². The molecule has 3 aromatic rings. The van der Waals surface area contributed by atoms with Crippen LogP contribution < -0.4 is 5.32 Å². The zero-order valence-electron chi connectivity index (χ0n) is 14.7. The number of aromatic amines is 1. The first-order valence-corrected chi connectivity index (χ1v) is 8.49. The van der Waals surface area contributed by atoms with E-state index in [-0.39, 0.29) is 5.60 Å². The number of H-pyrrole nitrogens is 1. The van der Waals surface area contributed by atoms with E-state index in [0.717, 1.165) is 13.1 Å². The Kier molecular flexibility index (Phi) is 5.03. The molecule has 3 heteroatoms. The van der Waals surface area contributed by atoms with E-state index in [2.05, 4.69) is 79.6 Å².